The van der Waals surface area contributed by atoms with Crippen molar-refractivity contribution in [2.24, 2.45) is 0 Å². The fourth-order valence-corrected chi connectivity index (χ4v) is 2.83. The smallest absolute Gasteiger partial charge is 0.255 e. The summed E-state index contributed by atoms with van der Waals surface area (Å²) in [6.07, 6.45) is 0. The van der Waals surface area contributed by atoms with Gasteiger partial charge in [0.25, 0.3) is 11.8 Å². The van der Waals surface area contributed by atoms with E-state index in [2.05, 4.69) is 10.6 Å². The summed E-state index contributed by atoms with van der Waals surface area (Å²) >= 11 is 0. The summed E-state index contributed by atoms with van der Waals surface area (Å²) in [7, 11) is 3.07. The number of methoxy groups -OCH3 is 2. The molecule has 0 saturated heterocycles. The quantitative estimate of drug-likeness (QED) is 0.604. The maximum Gasteiger partial charge on any atom is 0.255 e. The minimum absolute atomic E-state index is 0.169. The standard InChI is InChI=1S/C23H21FN2O4/c1-29-14-15-6-8-16(9-7-15)22(27)25-19-10-11-21(30-2)20(13-19)26-23(28)17-4-3-5-18(24)12-17/h3-13H,14H2,1-2H3,(H,25,27)(H,26,28). The predicted octanol–water partition coefficient (Wildman–Crippen LogP) is 4.49. The van der Waals surface area contributed by atoms with Crippen LogP contribution >= 0.6 is 0 Å². The lowest BCUT2D eigenvalue weighted by atomic mass is 10.1. The van der Waals surface area contributed by atoms with Crippen LogP contribution in [0, 0.1) is 5.82 Å². The summed E-state index contributed by atoms with van der Waals surface area (Å²) < 4.78 is 23.7. The van der Waals surface area contributed by atoms with Crippen LogP contribution in [0.3, 0.4) is 0 Å². The summed E-state index contributed by atoms with van der Waals surface area (Å²) in [5, 5.41) is 5.47. The lowest BCUT2D eigenvalue weighted by molar-refractivity contribution is 0.101. The summed E-state index contributed by atoms with van der Waals surface area (Å²) in [5.74, 6) is -0.898. The van der Waals surface area contributed by atoms with E-state index in [1.165, 1.54) is 25.3 Å². The second-order valence-corrected chi connectivity index (χ2v) is 6.46. The number of hydrogen-bond acceptors (Lipinski definition) is 4. The van der Waals surface area contributed by atoms with Crippen molar-refractivity contribution in [3.8, 4) is 5.75 Å². The molecule has 0 unspecified atom stereocenters. The Morgan fingerprint density at radius 1 is 0.867 bits per heavy atom. The Morgan fingerprint density at radius 2 is 1.60 bits per heavy atom. The minimum atomic E-state index is -0.507. The molecule has 0 aliphatic carbocycles. The first kappa shape index (κ1) is 21.0. The van der Waals surface area contributed by atoms with Crippen molar-refractivity contribution in [3.63, 3.8) is 0 Å². The lowest BCUT2D eigenvalue weighted by Gasteiger charge is -2.13. The Balaban J connectivity index is 1.76. The summed E-state index contributed by atoms with van der Waals surface area (Å²) in [6, 6.07) is 17.3. The zero-order valence-electron chi connectivity index (χ0n) is 16.6. The fraction of sp³-hybridized carbons (Fsp3) is 0.130. The zero-order chi connectivity index (χ0) is 21.5. The van der Waals surface area contributed by atoms with Gasteiger partial charge in [0.15, 0.2) is 0 Å². The van der Waals surface area contributed by atoms with Crippen LogP contribution in [0.4, 0.5) is 15.8 Å². The van der Waals surface area contributed by atoms with Gasteiger partial charge in [-0.3, -0.25) is 9.59 Å². The molecule has 0 radical (unpaired) electrons. The molecular weight excluding hydrogens is 387 g/mol. The van der Waals surface area contributed by atoms with Crippen LogP contribution in [0.15, 0.2) is 66.7 Å². The molecule has 30 heavy (non-hydrogen) atoms. The van der Waals surface area contributed by atoms with Crippen LogP contribution in [0.5, 0.6) is 5.75 Å². The van der Waals surface area contributed by atoms with Crippen molar-refractivity contribution < 1.29 is 23.5 Å². The molecule has 6 nitrogen and oxygen atoms in total. The normalized spacial score (nSPS) is 10.4. The molecule has 2 amide bonds. The number of ether oxygens (including phenoxy) is 2. The molecule has 3 aromatic rings. The Kier molecular flexibility index (Phi) is 6.77. The number of anilines is 2. The van der Waals surface area contributed by atoms with Gasteiger partial charge in [0.1, 0.15) is 11.6 Å². The van der Waals surface area contributed by atoms with E-state index < -0.39 is 11.7 Å². The monoisotopic (exact) mass is 408 g/mol. The second kappa shape index (κ2) is 9.67. The van der Waals surface area contributed by atoms with E-state index in [0.717, 1.165) is 11.6 Å². The summed E-state index contributed by atoms with van der Waals surface area (Å²) in [5.41, 5.74) is 2.43. The first-order valence-electron chi connectivity index (χ1n) is 9.14. The van der Waals surface area contributed by atoms with E-state index in [4.69, 9.17) is 9.47 Å². The molecular formula is C23H21FN2O4. The maximum atomic E-state index is 13.4. The number of halogens is 1. The van der Waals surface area contributed by atoms with Crippen LogP contribution in [0.25, 0.3) is 0 Å². The Morgan fingerprint density at radius 3 is 2.27 bits per heavy atom. The number of rotatable bonds is 7. The molecule has 0 saturated carbocycles. The molecule has 0 atom stereocenters. The number of nitrogens with one attached hydrogen (secondary N) is 2. The highest BCUT2D eigenvalue weighted by atomic mass is 19.1. The Hall–Kier alpha value is -3.71. The van der Waals surface area contributed by atoms with Gasteiger partial charge in [-0.05, 0) is 54.1 Å². The molecule has 7 heteroatoms. The van der Waals surface area contributed by atoms with Crippen LogP contribution in [-0.2, 0) is 11.3 Å². The van der Waals surface area contributed by atoms with Gasteiger partial charge in [-0.1, -0.05) is 18.2 Å². The Bertz CT molecular complexity index is 1050. The van der Waals surface area contributed by atoms with Crippen molar-refractivity contribution in [2.75, 3.05) is 24.9 Å². The van der Waals surface area contributed by atoms with Crippen molar-refractivity contribution in [3.05, 3.63) is 89.2 Å². The van der Waals surface area contributed by atoms with Crippen molar-refractivity contribution in [1.29, 1.82) is 0 Å². The minimum Gasteiger partial charge on any atom is -0.495 e. The molecule has 2 N–H and O–H groups in total. The van der Waals surface area contributed by atoms with Crippen molar-refractivity contribution in [1.82, 2.24) is 0 Å². The van der Waals surface area contributed by atoms with Gasteiger partial charge < -0.3 is 20.1 Å². The van der Waals surface area contributed by atoms with Crippen LogP contribution < -0.4 is 15.4 Å². The second-order valence-electron chi connectivity index (χ2n) is 6.46. The molecule has 0 spiro atoms. The van der Waals surface area contributed by atoms with E-state index in [-0.39, 0.29) is 11.5 Å². The van der Waals surface area contributed by atoms with E-state index in [9.17, 15) is 14.0 Å². The molecule has 0 heterocycles. The Labute approximate surface area is 173 Å². The van der Waals surface area contributed by atoms with E-state index >= 15 is 0 Å². The summed E-state index contributed by atoms with van der Waals surface area (Å²) in [6.45, 7) is 0.467. The molecule has 0 fully saturated rings. The van der Waals surface area contributed by atoms with E-state index in [1.807, 2.05) is 12.1 Å². The largest absolute Gasteiger partial charge is 0.495 e. The number of hydrogen-bond donors (Lipinski definition) is 2. The van der Waals surface area contributed by atoms with Gasteiger partial charge >= 0.3 is 0 Å². The highest BCUT2D eigenvalue weighted by Gasteiger charge is 2.13. The molecule has 154 valence electrons. The number of carbonyl (C=O) groups is 2. The number of benzene rings is 3. The lowest BCUT2D eigenvalue weighted by Crippen LogP contribution is -2.15. The van der Waals surface area contributed by atoms with Gasteiger partial charge in [-0.15, -0.1) is 0 Å². The third-order valence-corrected chi connectivity index (χ3v) is 4.32. The predicted molar refractivity (Wildman–Crippen MR) is 112 cm³/mol. The van der Waals surface area contributed by atoms with Gasteiger partial charge in [-0.25, -0.2) is 4.39 Å². The third-order valence-electron chi connectivity index (χ3n) is 4.32. The van der Waals surface area contributed by atoms with Gasteiger partial charge in [0.05, 0.1) is 19.4 Å². The number of carbonyl (C=O) groups excluding carboxylic acids is 2. The average Bonchev–Trinajstić information content (AvgIpc) is 2.74. The summed E-state index contributed by atoms with van der Waals surface area (Å²) in [4.78, 5) is 25.0. The first-order valence-corrected chi connectivity index (χ1v) is 9.14. The fourth-order valence-electron chi connectivity index (χ4n) is 2.83. The first-order chi connectivity index (χ1) is 14.5. The van der Waals surface area contributed by atoms with Gasteiger partial charge in [0.2, 0.25) is 0 Å². The topological polar surface area (TPSA) is 76.7 Å². The highest BCUT2D eigenvalue weighted by Crippen LogP contribution is 2.28. The molecule has 0 aliphatic rings. The van der Waals surface area contributed by atoms with E-state index in [1.54, 1.807) is 37.4 Å². The van der Waals surface area contributed by atoms with Crippen LogP contribution in [0.2, 0.25) is 0 Å². The molecule has 0 aromatic heterocycles. The van der Waals surface area contributed by atoms with E-state index in [0.29, 0.717) is 29.3 Å². The van der Waals surface area contributed by atoms with Crippen LogP contribution in [0.1, 0.15) is 26.3 Å². The average molecular weight is 408 g/mol. The SMILES string of the molecule is COCc1ccc(C(=O)Nc2ccc(OC)c(NC(=O)c3cccc(F)c3)c2)cc1. The molecule has 0 bridgehead atoms. The molecule has 0 aliphatic heterocycles. The van der Waals surface area contributed by atoms with Crippen LogP contribution in [-0.4, -0.2) is 26.0 Å². The molecule has 3 rings (SSSR count). The maximum absolute atomic E-state index is 13.4. The van der Waals surface area contributed by atoms with Gasteiger partial charge in [-0.2, -0.15) is 0 Å². The van der Waals surface area contributed by atoms with Crippen molar-refractivity contribution >= 4 is 23.2 Å². The van der Waals surface area contributed by atoms with Gasteiger partial charge in [0, 0.05) is 23.9 Å². The van der Waals surface area contributed by atoms with Crippen molar-refractivity contribution in [2.45, 2.75) is 6.61 Å². The highest BCUT2D eigenvalue weighted by molar-refractivity contribution is 6.07. The number of amides is 2. The molecule has 3 aromatic carbocycles. The zero-order valence-corrected chi connectivity index (χ0v) is 16.6. The third kappa shape index (κ3) is 5.21.